The lowest BCUT2D eigenvalue weighted by molar-refractivity contribution is -0.137. The molecule has 0 aromatic heterocycles. The molecule has 19 heavy (non-hydrogen) atoms. The number of hydrogen-bond donors (Lipinski definition) is 2. The van der Waals surface area contributed by atoms with Crippen molar-refractivity contribution in [3.05, 3.63) is 0 Å². The number of hydrogen-bond acceptors (Lipinski definition) is 2. The van der Waals surface area contributed by atoms with Crippen LogP contribution >= 0.6 is 0 Å². The Balaban J connectivity index is 2.46. The Labute approximate surface area is 116 Å². The molecule has 4 heteroatoms. The van der Waals surface area contributed by atoms with E-state index in [-0.39, 0.29) is 29.7 Å². The third-order valence-corrected chi connectivity index (χ3v) is 3.94. The third kappa shape index (κ3) is 5.62. The summed E-state index contributed by atoms with van der Waals surface area (Å²) in [4.78, 5) is 22.7. The van der Waals surface area contributed by atoms with Gasteiger partial charge in [-0.3, -0.25) is 9.59 Å². The average Bonchev–Trinajstić information content (AvgIpc) is 2.23. The topological polar surface area (TPSA) is 66.4 Å². The van der Waals surface area contributed by atoms with E-state index >= 15 is 0 Å². The van der Waals surface area contributed by atoms with Crippen LogP contribution in [-0.4, -0.2) is 23.0 Å². The van der Waals surface area contributed by atoms with Crippen LogP contribution in [0.15, 0.2) is 0 Å². The maximum absolute atomic E-state index is 12.2. The van der Waals surface area contributed by atoms with Crippen LogP contribution in [0.2, 0.25) is 0 Å². The van der Waals surface area contributed by atoms with E-state index in [1.807, 2.05) is 6.92 Å². The van der Waals surface area contributed by atoms with E-state index in [1.165, 1.54) is 6.42 Å². The zero-order chi connectivity index (χ0) is 14.6. The summed E-state index contributed by atoms with van der Waals surface area (Å²) in [5, 5.41) is 11.6. The fourth-order valence-electron chi connectivity index (χ4n) is 3.32. The molecular formula is C15H27NO3. The number of carbonyl (C=O) groups excluding carboxylic acids is 1. The highest BCUT2D eigenvalue weighted by Crippen LogP contribution is 2.41. The fraction of sp³-hybridized carbons (Fsp3) is 0.867. The molecule has 3 unspecified atom stereocenters. The molecule has 0 spiro atoms. The largest absolute Gasteiger partial charge is 0.481 e. The second-order valence-corrected chi connectivity index (χ2v) is 6.95. The summed E-state index contributed by atoms with van der Waals surface area (Å²) in [5.74, 6) is -0.0640. The van der Waals surface area contributed by atoms with E-state index in [4.69, 9.17) is 5.11 Å². The van der Waals surface area contributed by atoms with Gasteiger partial charge in [-0.1, -0.05) is 20.8 Å². The number of carboxylic acid groups (broad SMARTS) is 1. The molecule has 1 aliphatic rings. The zero-order valence-electron chi connectivity index (χ0n) is 12.5. The van der Waals surface area contributed by atoms with Crippen LogP contribution < -0.4 is 5.32 Å². The Morgan fingerprint density at radius 2 is 2.00 bits per heavy atom. The summed E-state index contributed by atoms with van der Waals surface area (Å²) in [6.07, 6.45) is 3.64. The summed E-state index contributed by atoms with van der Waals surface area (Å²) < 4.78 is 0. The average molecular weight is 269 g/mol. The van der Waals surface area contributed by atoms with E-state index in [9.17, 15) is 9.59 Å². The van der Waals surface area contributed by atoms with Gasteiger partial charge in [-0.25, -0.2) is 0 Å². The number of amides is 1. The second kappa shape index (κ2) is 6.40. The molecule has 3 atom stereocenters. The van der Waals surface area contributed by atoms with Crippen LogP contribution in [0.25, 0.3) is 0 Å². The Bertz CT molecular complexity index is 338. The summed E-state index contributed by atoms with van der Waals surface area (Å²) in [6.45, 7) is 8.51. The summed E-state index contributed by atoms with van der Waals surface area (Å²) in [5.41, 5.74) is 0.226. The van der Waals surface area contributed by atoms with Gasteiger partial charge in [0, 0.05) is 18.4 Å². The molecule has 0 aromatic rings. The lowest BCUT2D eigenvalue weighted by Gasteiger charge is -2.38. The van der Waals surface area contributed by atoms with Crippen molar-refractivity contribution in [2.45, 2.75) is 65.8 Å². The predicted molar refractivity (Wildman–Crippen MR) is 74.8 cm³/mol. The molecule has 0 heterocycles. The first-order chi connectivity index (χ1) is 8.69. The lowest BCUT2D eigenvalue weighted by Crippen LogP contribution is -2.41. The number of carboxylic acids is 1. The van der Waals surface area contributed by atoms with E-state index in [0.29, 0.717) is 12.3 Å². The fourth-order valence-corrected chi connectivity index (χ4v) is 3.32. The molecule has 0 saturated heterocycles. The Kier molecular flexibility index (Phi) is 5.39. The maximum Gasteiger partial charge on any atom is 0.303 e. The van der Waals surface area contributed by atoms with Crippen molar-refractivity contribution in [2.24, 2.45) is 17.3 Å². The van der Waals surface area contributed by atoms with Crippen molar-refractivity contribution in [1.82, 2.24) is 5.32 Å². The molecule has 4 nitrogen and oxygen atoms in total. The van der Waals surface area contributed by atoms with Crippen LogP contribution in [0, 0.1) is 17.3 Å². The van der Waals surface area contributed by atoms with Gasteiger partial charge in [0.05, 0.1) is 0 Å². The number of carbonyl (C=O) groups is 2. The number of nitrogens with one attached hydrogen (secondary N) is 1. The van der Waals surface area contributed by atoms with Crippen molar-refractivity contribution >= 4 is 11.9 Å². The molecule has 1 aliphatic carbocycles. The highest BCUT2D eigenvalue weighted by atomic mass is 16.4. The quantitative estimate of drug-likeness (QED) is 0.806. The number of aliphatic carboxylic acids is 1. The highest BCUT2D eigenvalue weighted by molar-refractivity contribution is 5.79. The first kappa shape index (κ1) is 16.0. The first-order valence-electron chi connectivity index (χ1n) is 7.22. The molecule has 1 fully saturated rings. The Morgan fingerprint density at radius 1 is 1.37 bits per heavy atom. The first-order valence-corrected chi connectivity index (χ1v) is 7.22. The van der Waals surface area contributed by atoms with E-state index in [0.717, 1.165) is 12.8 Å². The minimum Gasteiger partial charge on any atom is -0.481 e. The molecule has 0 radical (unpaired) electrons. The SMILES string of the molecule is CC1CC(C(=O)NC(C)CCC(=O)O)CC(C)(C)C1. The minimum absolute atomic E-state index is 0.0658. The van der Waals surface area contributed by atoms with Crippen molar-refractivity contribution in [2.75, 3.05) is 0 Å². The second-order valence-electron chi connectivity index (χ2n) is 6.95. The van der Waals surface area contributed by atoms with Crippen molar-refractivity contribution < 1.29 is 14.7 Å². The Hall–Kier alpha value is -1.06. The van der Waals surface area contributed by atoms with Crippen LogP contribution in [-0.2, 0) is 9.59 Å². The van der Waals surface area contributed by atoms with Gasteiger partial charge in [0.1, 0.15) is 0 Å². The standard InChI is InChI=1S/C15H27NO3/c1-10-7-12(9-15(3,4)8-10)14(19)16-11(2)5-6-13(17)18/h10-12H,5-9H2,1-4H3,(H,16,19)(H,17,18). The van der Waals surface area contributed by atoms with Gasteiger partial charge in [0.15, 0.2) is 0 Å². The summed E-state index contributed by atoms with van der Waals surface area (Å²) in [7, 11) is 0. The number of rotatable bonds is 5. The smallest absolute Gasteiger partial charge is 0.303 e. The highest BCUT2D eigenvalue weighted by Gasteiger charge is 2.35. The van der Waals surface area contributed by atoms with Crippen LogP contribution in [0.4, 0.5) is 0 Å². The van der Waals surface area contributed by atoms with Gasteiger partial charge in [-0.15, -0.1) is 0 Å². The minimum atomic E-state index is -0.812. The molecule has 0 aromatic carbocycles. The van der Waals surface area contributed by atoms with Gasteiger partial charge < -0.3 is 10.4 Å². The summed E-state index contributed by atoms with van der Waals surface area (Å²) >= 11 is 0. The predicted octanol–water partition coefficient (Wildman–Crippen LogP) is 2.82. The molecule has 1 rings (SSSR count). The summed E-state index contributed by atoms with van der Waals surface area (Å²) in [6, 6.07) is -0.0658. The van der Waals surface area contributed by atoms with Gasteiger partial charge in [0.25, 0.3) is 0 Å². The van der Waals surface area contributed by atoms with Gasteiger partial charge in [0.2, 0.25) is 5.91 Å². The lowest BCUT2D eigenvalue weighted by atomic mass is 9.68. The molecule has 1 amide bonds. The molecule has 1 saturated carbocycles. The zero-order valence-corrected chi connectivity index (χ0v) is 12.5. The van der Waals surface area contributed by atoms with Gasteiger partial charge in [-0.05, 0) is 43.9 Å². The van der Waals surface area contributed by atoms with E-state index < -0.39 is 5.97 Å². The van der Waals surface area contributed by atoms with E-state index in [2.05, 4.69) is 26.1 Å². The van der Waals surface area contributed by atoms with Crippen molar-refractivity contribution in [3.8, 4) is 0 Å². The van der Waals surface area contributed by atoms with Crippen LogP contribution in [0.3, 0.4) is 0 Å². The maximum atomic E-state index is 12.2. The molecule has 110 valence electrons. The normalized spacial score (nSPS) is 27.6. The Morgan fingerprint density at radius 3 is 2.53 bits per heavy atom. The van der Waals surface area contributed by atoms with Crippen molar-refractivity contribution in [3.63, 3.8) is 0 Å². The van der Waals surface area contributed by atoms with E-state index in [1.54, 1.807) is 0 Å². The van der Waals surface area contributed by atoms with Gasteiger partial charge in [-0.2, -0.15) is 0 Å². The van der Waals surface area contributed by atoms with Crippen LogP contribution in [0.1, 0.15) is 59.8 Å². The van der Waals surface area contributed by atoms with Gasteiger partial charge >= 0.3 is 5.97 Å². The van der Waals surface area contributed by atoms with Crippen LogP contribution in [0.5, 0.6) is 0 Å². The van der Waals surface area contributed by atoms with Crippen molar-refractivity contribution in [1.29, 1.82) is 0 Å². The molecule has 0 bridgehead atoms. The molecule has 0 aliphatic heterocycles. The third-order valence-electron chi connectivity index (χ3n) is 3.94. The molecular weight excluding hydrogens is 242 g/mol. The molecule has 2 N–H and O–H groups in total. The monoisotopic (exact) mass is 269 g/mol.